The molecule has 0 aliphatic carbocycles. The van der Waals surface area contributed by atoms with Gasteiger partial charge in [-0.1, -0.05) is 0 Å². The van der Waals surface area contributed by atoms with Crippen LogP contribution in [-0.2, 0) is 4.74 Å². The molecule has 0 saturated carbocycles. The minimum Gasteiger partial charge on any atom is -0.497 e. The summed E-state index contributed by atoms with van der Waals surface area (Å²) in [6, 6.07) is 9.04. The van der Waals surface area contributed by atoms with Crippen molar-refractivity contribution < 1.29 is 19.0 Å². The van der Waals surface area contributed by atoms with Gasteiger partial charge in [0.05, 0.1) is 33.1 Å². The number of ether oxygens (including phenoxy) is 3. The van der Waals surface area contributed by atoms with Gasteiger partial charge in [-0.3, -0.25) is 9.78 Å². The van der Waals surface area contributed by atoms with Crippen LogP contribution in [0.5, 0.6) is 11.5 Å². The Morgan fingerprint density at radius 2 is 1.96 bits per heavy atom. The Hall–Kier alpha value is -2.80. The number of rotatable bonds is 5. The van der Waals surface area contributed by atoms with E-state index in [2.05, 4.69) is 10.3 Å². The molecule has 1 aromatic heterocycles. The van der Waals surface area contributed by atoms with Crippen LogP contribution in [0.4, 0.5) is 11.4 Å². The molecule has 0 unspecified atom stereocenters. The molecule has 0 atom stereocenters. The first-order valence-electron chi connectivity index (χ1n) is 8.03. The molecule has 3 rings (SSSR count). The van der Waals surface area contributed by atoms with Crippen LogP contribution in [0.15, 0.2) is 36.5 Å². The second kappa shape index (κ2) is 7.85. The molecule has 7 heteroatoms. The first-order valence-corrected chi connectivity index (χ1v) is 8.03. The van der Waals surface area contributed by atoms with Gasteiger partial charge in [0.25, 0.3) is 5.91 Å². The van der Waals surface area contributed by atoms with Crippen molar-refractivity contribution in [1.82, 2.24) is 9.88 Å². The summed E-state index contributed by atoms with van der Waals surface area (Å²) in [5.74, 6) is 1.27. The number of hydrogen-bond donors (Lipinski definition) is 1. The molecular formula is C18H21N3O4. The fourth-order valence-corrected chi connectivity index (χ4v) is 2.61. The molecular weight excluding hydrogens is 322 g/mol. The molecule has 1 aromatic carbocycles. The summed E-state index contributed by atoms with van der Waals surface area (Å²) in [5, 5.41) is 3.26. The molecule has 2 heterocycles. The van der Waals surface area contributed by atoms with Gasteiger partial charge in [-0.25, -0.2) is 0 Å². The number of amides is 1. The number of pyridine rings is 1. The SMILES string of the molecule is COc1ccc(Nc2ccnc(C(=O)N3CCOCC3)c2)c(OC)c1. The number of methoxy groups -OCH3 is 2. The maximum absolute atomic E-state index is 12.5. The lowest BCUT2D eigenvalue weighted by molar-refractivity contribution is 0.0299. The minimum atomic E-state index is -0.0892. The molecule has 0 bridgehead atoms. The van der Waals surface area contributed by atoms with Crippen molar-refractivity contribution in [3.05, 3.63) is 42.2 Å². The summed E-state index contributed by atoms with van der Waals surface area (Å²) >= 11 is 0. The van der Waals surface area contributed by atoms with E-state index in [1.807, 2.05) is 12.1 Å². The number of hydrogen-bond acceptors (Lipinski definition) is 6. The molecule has 25 heavy (non-hydrogen) atoms. The van der Waals surface area contributed by atoms with Crippen molar-refractivity contribution in [2.75, 3.05) is 45.8 Å². The van der Waals surface area contributed by atoms with Gasteiger partial charge >= 0.3 is 0 Å². The summed E-state index contributed by atoms with van der Waals surface area (Å²) in [4.78, 5) is 18.5. The molecule has 1 fully saturated rings. The van der Waals surface area contributed by atoms with Crippen LogP contribution in [0.1, 0.15) is 10.5 Å². The Bertz CT molecular complexity index is 745. The molecule has 0 radical (unpaired) electrons. The van der Waals surface area contributed by atoms with Crippen LogP contribution in [0.3, 0.4) is 0 Å². The van der Waals surface area contributed by atoms with E-state index in [1.54, 1.807) is 43.5 Å². The molecule has 132 valence electrons. The summed E-state index contributed by atoms with van der Waals surface area (Å²) in [7, 11) is 3.20. The molecule has 7 nitrogen and oxygen atoms in total. The predicted octanol–water partition coefficient (Wildman–Crippen LogP) is 2.31. The van der Waals surface area contributed by atoms with Crippen LogP contribution in [-0.4, -0.2) is 56.3 Å². The van der Waals surface area contributed by atoms with Crippen molar-refractivity contribution in [2.24, 2.45) is 0 Å². The van der Waals surface area contributed by atoms with Crippen LogP contribution >= 0.6 is 0 Å². The molecule has 1 amide bonds. The topological polar surface area (TPSA) is 72.9 Å². The summed E-state index contributed by atoms with van der Waals surface area (Å²) in [6.45, 7) is 2.30. The average Bonchev–Trinajstić information content (AvgIpc) is 2.68. The van der Waals surface area contributed by atoms with Gasteiger partial charge < -0.3 is 24.4 Å². The highest BCUT2D eigenvalue weighted by atomic mass is 16.5. The summed E-state index contributed by atoms with van der Waals surface area (Å²) in [5.41, 5.74) is 1.94. The van der Waals surface area contributed by atoms with Gasteiger partial charge in [0.15, 0.2) is 0 Å². The van der Waals surface area contributed by atoms with Crippen molar-refractivity contribution >= 4 is 17.3 Å². The van der Waals surface area contributed by atoms with Gasteiger partial charge in [0.1, 0.15) is 17.2 Å². The fourth-order valence-electron chi connectivity index (χ4n) is 2.61. The lowest BCUT2D eigenvalue weighted by Gasteiger charge is -2.26. The molecule has 1 aliphatic rings. The normalized spacial score (nSPS) is 14.1. The Balaban J connectivity index is 1.79. The third-order valence-corrected chi connectivity index (χ3v) is 3.97. The quantitative estimate of drug-likeness (QED) is 0.898. The van der Waals surface area contributed by atoms with Crippen molar-refractivity contribution in [1.29, 1.82) is 0 Å². The van der Waals surface area contributed by atoms with E-state index in [0.717, 1.165) is 11.4 Å². The highest BCUT2D eigenvalue weighted by Crippen LogP contribution is 2.31. The second-order valence-electron chi connectivity index (χ2n) is 5.53. The molecule has 0 spiro atoms. The molecule has 1 saturated heterocycles. The zero-order valence-corrected chi connectivity index (χ0v) is 14.3. The first-order chi connectivity index (χ1) is 12.2. The second-order valence-corrected chi connectivity index (χ2v) is 5.53. The number of morpholine rings is 1. The van der Waals surface area contributed by atoms with Crippen molar-refractivity contribution in [3.63, 3.8) is 0 Å². The highest BCUT2D eigenvalue weighted by molar-refractivity contribution is 5.93. The van der Waals surface area contributed by atoms with Crippen LogP contribution < -0.4 is 14.8 Å². The van der Waals surface area contributed by atoms with Crippen molar-refractivity contribution in [2.45, 2.75) is 0 Å². The lowest BCUT2D eigenvalue weighted by atomic mass is 10.2. The highest BCUT2D eigenvalue weighted by Gasteiger charge is 2.19. The van der Waals surface area contributed by atoms with Crippen LogP contribution in [0.2, 0.25) is 0 Å². The smallest absolute Gasteiger partial charge is 0.272 e. The summed E-state index contributed by atoms with van der Waals surface area (Å²) in [6.07, 6.45) is 1.62. The number of nitrogens with zero attached hydrogens (tertiary/aromatic N) is 2. The number of carbonyl (C=O) groups excluding carboxylic acids is 1. The number of aromatic nitrogens is 1. The van der Waals surface area contributed by atoms with Gasteiger partial charge in [0.2, 0.25) is 0 Å². The molecule has 1 N–H and O–H groups in total. The first kappa shape index (κ1) is 17.0. The van der Waals surface area contributed by atoms with E-state index < -0.39 is 0 Å². The number of nitrogens with one attached hydrogen (secondary N) is 1. The third-order valence-electron chi connectivity index (χ3n) is 3.97. The Kier molecular flexibility index (Phi) is 5.35. The number of carbonyl (C=O) groups is 1. The van der Waals surface area contributed by atoms with Crippen LogP contribution in [0.25, 0.3) is 0 Å². The summed E-state index contributed by atoms with van der Waals surface area (Å²) < 4.78 is 15.9. The largest absolute Gasteiger partial charge is 0.497 e. The van der Waals surface area contributed by atoms with Gasteiger partial charge in [0, 0.05) is 31.0 Å². The molecule has 2 aromatic rings. The molecule has 1 aliphatic heterocycles. The zero-order valence-electron chi connectivity index (χ0n) is 14.3. The maximum atomic E-state index is 12.5. The maximum Gasteiger partial charge on any atom is 0.272 e. The van der Waals surface area contributed by atoms with E-state index in [0.29, 0.717) is 43.5 Å². The average molecular weight is 343 g/mol. The Morgan fingerprint density at radius 1 is 1.16 bits per heavy atom. The van der Waals surface area contributed by atoms with Crippen LogP contribution in [0, 0.1) is 0 Å². The van der Waals surface area contributed by atoms with E-state index in [-0.39, 0.29) is 5.91 Å². The van der Waals surface area contributed by atoms with Gasteiger partial charge in [-0.15, -0.1) is 0 Å². The Labute approximate surface area is 146 Å². The third kappa shape index (κ3) is 4.00. The van der Waals surface area contributed by atoms with Gasteiger partial charge in [-0.05, 0) is 24.3 Å². The van der Waals surface area contributed by atoms with E-state index >= 15 is 0 Å². The lowest BCUT2D eigenvalue weighted by Crippen LogP contribution is -2.41. The van der Waals surface area contributed by atoms with Gasteiger partial charge in [-0.2, -0.15) is 0 Å². The zero-order chi connectivity index (χ0) is 17.6. The minimum absolute atomic E-state index is 0.0892. The van der Waals surface area contributed by atoms with E-state index in [4.69, 9.17) is 14.2 Å². The number of anilines is 2. The van der Waals surface area contributed by atoms with E-state index in [1.165, 1.54) is 0 Å². The van der Waals surface area contributed by atoms with E-state index in [9.17, 15) is 4.79 Å². The standard InChI is InChI=1S/C18H21N3O4/c1-23-14-3-4-15(17(12-14)24-2)20-13-5-6-19-16(11-13)18(22)21-7-9-25-10-8-21/h3-6,11-12H,7-10H2,1-2H3,(H,19,20). The predicted molar refractivity (Wildman–Crippen MR) is 93.8 cm³/mol. The van der Waals surface area contributed by atoms with Crippen molar-refractivity contribution in [3.8, 4) is 11.5 Å². The monoisotopic (exact) mass is 343 g/mol. The fraction of sp³-hybridized carbons (Fsp3) is 0.333. The number of benzene rings is 1. The Morgan fingerprint density at radius 3 is 2.68 bits per heavy atom.